The molecule has 0 radical (unpaired) electrons. The van der Waals surface area contributed by atoms with Crippen LogP contribution in [0.2, 0.25) is 0 Å². The number of carbonyl (C=O) groups excluding carboxylic acids is 2. The number of benzene rings is 2. The minimum atomic E-state index is -0.761. The Labute approximate surface area is 183 Å². The van der Waals surface area contributed by atoms with E-state index in [0.717, 1.165) is 16.7 Å². The highest BCUT2D eigenvalue weighted by Crippen LogP contribution is 2.31. The molecule has 0 bridgehead atoms. The van der Waals surface area contributed by atoms with E-state index in [2.05, 4.69) is 10.3 Å². The number of nitrogens with one attached hydrogen (secondary N) is 1. The van der Waals surface area contributed by atoms with Gasteiger partial charge in [-0.25, -0.2) is 4.98 Å². The van der Waals surface area contributed by atoms with Crippen LogP contribution in [0.4, 0.5) is 5.69 Å². The Morgan fingerprint density at radius 1 is 1.06 bits per heavy atom. The molecular formula is C24H21N3O3S. The molecule has 1 atom stereocenters. The molecule has 0 saturated carbocycles. The molecule has 0 fully saturated rings. The molecule has 2 aromatic heterocycles. The summed E-state index contributed by atoms with van der Waals surface area (Å²) in [5.74, 6) is -0.386. The van der Waals surface area contributed by atoms with Crippen molar-refractivity contribution >= 4 is 38.9 Å². The molecular weight excluding hydrogens is 410 g/mol. The molecule has 1 amide bonds. The zero-order chi connectivity index (χ0) is 22.1. The van der Waals surface area contributed by atoms with Crippen LogP contribution in [0.1, 0.15) is 35.8 Å². The molecule has 2 aromatic carbocycles. The Balaban J connectivity index is 1.65. The molecule has 0 saturated heterocycles. The van der Waals surface area contributed by atoms with Crippen LogP contribution in [0.15, 0.2) is 65.0 Å². The zero-order valence-corrected chi connectivity index (χ0v) is 18.2. The number of ketones is 1. The van der Waals surface area contributed by atoms with E-state index >= 15 is 0 Å². The van der Waals surface area contributed by atoms with Gasteiger partial charge >= 0.3 is 0 Å². The number of fused-ring (bicyclic) bond motifs is 1. The van der Waals surface area contributed by atoms with Crippen molar-refractivity contribution in [2.75, 3.05) is 5.32 Å². The van der Waals surface area contributed by atoms with E-state index in [0.29, 0.717) is 21.5 Å². The third kappa shape index (κ3) is 4.04. The number of aryl methyl sites for hydroxylation is 1. The summed E-state index contributed by atoms with van der Waals surface area (Å²) < 4.78 is 1.35. The molecule has 1 unspecified atom stereocenters. The van der Waals surface area contributed by atoms with E-state index in [9.17, 15) is 14.4 Å². The van der Waals surface area contributed by atoms with Crippen LogP contribution >= 0.6 is 11.3 Å². The number of nitrogens with zero attached hydrogens (tertiary/aromatic N) is 2. The first-order valence-corrected chi connectivity index (χ1v) is 10.7. The van der Waals surface area contributed by atoms with Crippen molar-refractivity contribution in [2.45, 2.75) is 26.8 Å². The van der Waals surface area contributed by atoms with E-state index in [1.807, 2.05) is 36.6 Å². The van der Waals surface area contributed by atoms with Gasteiger partial charge in [0.25, 0.3) is 5.56 Å². The third-order valence-corrected chi connectivity index (χ3v) is 6.12. The summed E-state index contributed by atoms with van der Waals surface area (Å²) in [6.07, 6.45) is 1.42. The minimum Gasteiger partial charge on any atom is -0.324 e. The van der Waals surface area contributed by atoms with Gasteiger partial charge in [-0.3, -0.25) is 19.0 Å². The lowest BCUT2D eigenvalue weighted by molar-refractivity contribution is -0.118. The lowest BCUT2D eigenvalue weighted by Crippen LogP contribution is -2.31. The minimum absolute atomic E-state index is 0.0442. The summed E-state index contributed by atoms with van der Waals surface area (Å²) in [6.45, 7) is 5.16. The van der Waals surface area contributed by atoms with Crippen molar-refractivity contribution in [1.82, 2.24) is 9.55 Å². The van der Waals surface area contributed by atoms with Crippen LogP contribution in [0.3, 0.4) is 0 Å². The van der Waals surface area contributed by atoms with Gasteiger partial charge in [-0.05, 0) is 50.6 Å². The quantitative estimate of drug-likeness (QED) is 0.459. The molecule has 31 heavy (non-hydrogen) atoms. The second-order valence-corrected chi connectivity index (χ2v) is 8.31. The maximum Gasteiger partial charge on any atom is 0.263 e. The van der Waals surface area contributed by atoms with Gasteiger partial charge in [0.2, 0.25) is 5.91 Å². The summed E-state index contributed by atoms with van der Waals surface area (Å²) in [7, 11) is 0. The first-order chi connectivity index (χ1) is 14.8. The van der Waals surface area contributed by atoms with Gasteiger partial charge in [0.15, 0.2) is 5.78 Å². The number of aromatic nitrogens is 2. The first-order valence-electron chi connectivity index (χ1n) is 9.82. The van der Waals surface area contributed by atoms with Gasteiger partial charge in [0.05, 0.1) is 11.7 Å². The lowest BCUT2D eigenvalue weighted by Gasteiger charge is -2.15. The van der Waals surface area contributed by atoms with Crippen LogP contribution in [-0.4, -0.2) is 21.2 Å². The van der Waals surface area contributed by atoms with Gasteiger partial charge in [0, 0.05) is 22.2 Å². The topological polar surface area (TPSA) is 81.1 Å². The number of hydrogen-bond acceptors (Lipinski definition) is 5. The Morgan fingerprint density at radius 3 is 2.39 bits per heavy atom. The molecule has 0 aliphatic heterocycles. The van der Waals surface area contributed by atoms with Gasteiger partial charge in [-0.2, -0.15) is 0 Å². The van der Waals surface area contributed by atoms with Crippen LogP contribution in [-0.2, 0) is 4.79 Å². The van der Waals surface area contributed by atoms with Crippen LogP contribution in [0, 0.1) is 6.92 Å². The fourth-order valence-corrected chi connectivity index (χ4v) is 4.23. The number of amides is 1. The Bertz CT molecular complexity index is 1340. The summed E-state index contributed by atoms with van der Waals surface area (Å²) in [6, 6.07) is 13.8. The van der Waals surface area contributed by atoms with Crippen LogP contribution in [0.5, 0.6) is 0 Å². The maximum absolute atomic E-state index is 13.3. The SMILES string of the molecule is CC(=O)c1ccc(NC(=O)C(C)n2cnc3scc(-c4ccc(C)cc4)c3c2=O)cc1. The number of anilines is 1. The highest BCUT2D eigenvalue weighted by molar-refractivity contribution is 7.17. The van der Waals surface area contributed by atoms with Crippen molar-refractivity contribution in [3.05, 3.63) is 81.7 Å². The molecule has 0 aliphatic carbocycles. The highest BCUT2D eigenvalue weighted by Gasteiger charge is 2.20. The largest absolute Gasteiger partial charge is 0.324 e. The second-order valence-electron chi connectivity index (χ2n) is 7.45. The lowest BCUT2D eigenvalue weighted by atomic mass is 10.0. The van der Waals surface area contributed by atoms with Crippen LogP contribution < -0.4 is 10.9 Å². The van der Waals surface area contributed by atoms with Gasteiger partial charge in [0.1, 0.15) is 10.9 Å². The van der Waals surface area contributed by atoms with Gasteiger partial charge in [-0.15, -0.1) is 11.3 Å². The van der Waals surface area contributed by atoms with E-state index in [-0.39, 0.29) is 17.2 Å². The standard InChI is InChI=1S/C24H21N3O3S/c1-14-4-6-18(7-5-14)20-12-31-23-21(20)24(30)27(13-25-23)15(2)22(29)26-19-10-8-17(9-11-19)16(3)28/h4-13,15H,1-3H3,(H,26,29). The van der Waals surface area contributed by atoms with E-state index in [1.54, 1.807) is 31.2 Å². The number of thiophene rings is 1. The summed E-state index contributed by atoms with van der Waals surface area (Å²) in [5.41, 5.74) is 3.77. The average Bonchev–Trinajstić information content (AvgIpc) is 3.19. The molecule has 6 nitrogen and oxygen atoms in total. The molecule has 1 N–H and O–H groups in total. The monoisotopic (exact) mass is 431 g/mol. The van der Waals surface area contributed by atoms with E-state index in [4.69, 9.17) is 0 Å². The first kappa shape index (κ1) is 20.7. The molecule has 4 aromatic rings. The molecule has 0 spiro atoms. The van der Waals surface area contributed by atoms with Gasteiger partial charge < -0.3 is 5.32 Å². The van der Waals surface area contributed by atoms with Crippen molar-refractivity contribution < 1.29 is 9.59 Å². The summed E-state index contributed by atoms with van der Waals surface area (Å²) in [5, 5.41) is 5.23. The Kier molecular flexibility index (Phi) is 5.52. The van der Waals surface area contributed by atoms with Crippen molar-refractivity contribution in [3.63, 3.8) is 0 Å². The zero-order valence-electron chi connectivity index (χ0n) is 17.4. The Morgan fingerprint density at radius 2 is 1.74 bits per heavy atom. The van der Waals surface area contributed by atoms with Gasteiger partial charge in [-0.1, -0.05) is 29.8 Å². The predicted octanol–water partition coefficient (Wildman–Crippen LogP) is 4.84. The fourth-order valence-electron chi connectivity index (χ4n) is 3.33. The molecule has 156 valence electrons. The number of rotatable bonds is 5. The highest BCUT2D eigenvalue weighted by atomic mass is 32.1. The van der Waals surface area contributed by atoms with Crippen molar-refractivity contribution in [1.29, 1.82) is 0 Å². The smallest absolute Gasteiger partial charge is 0.263 e. The predicted molar refractivity (Wildman–Crippen MR) is 124 cm³/mol. The summed E-state index contributed by atoms with van der Waals surface area (Å²) >= 11 is 1.41. The van der Waals surface area contributed by atoms with E-state index in [1.165, 1.54) is 29.2 Å². The normalized spacial score (nSPS) is 12.0. The van der Waals surface area contributed by atoms with E-state index < -0.39 is 6.04 Å². The maximum atomic E-state index is 13.3. The molecule has 4 rings (SSSR count). The van der Waals surface area contributed by atoms with Crippen molar-refractivity contribution in [2.24, 2.45) is 0 Å². The number of hydrogen-bond donors (Lipinski definition) is 1. The Hall–Kier alpha value is -3.58. The number of Topliss-reactive ketones (excluding diaryl/α,β-unsaturated/α-hetero) is 1. The molecule has 2 heterocycles. The third-order valence-electron chi connectivity index (χ3n) is 5.24. The van der Waals surface area contributed by atoms with Crippen LogP contribution in [0.25, 0.3) is 21.3 Å². The average molecular weight is 432 g/mol. The van der Waals surface area contributed by atoms with Crippen molar-refractivity contribution in [3.8, 4) is 11.1 Å². The molecule has 7 heteroatoms. The number of carbonyl (C=O) groups is 2. The fraction of sp³-hybridized carbons (Fsp3) is 0.167. The molecule has 0 aliphatic rings. The second kappa shape index (κ2) is 8.28. The summed E-state index contributed by atoms with van der Waals surface area (Å²) in [4.78, 5) is 42.5.